The second kappa shape index (κ2) is 5.83. The zero-order chi connectivity index (χ0) is 13.8. The molecule has 0 spiro atoms. The van der Waals surface area contributed by atoms with E-state index in [0.717, 1.165) is 25.9 Å². The number of piperidine rings is 1. The van der Waals surface area contributed by atoms with E-state index in [2.05, 4.69) is 27.2 Å². The van der Waals surface area contributed by atoms with E-state index in [-0.39, 0.29) is 23.8 Å². The first-order valence-electron chi connectivity index (χ1n) is 6.26. The van der Waals surface area contributed by atoms with Crippen LogP contribution in [0, 0.1) is 0 Å². The van der Waals surface area contributed by atoms with Crippen LogP contribution in [0.3, 0.4) is 0 Å². The summed E-state index contributed by atoms with van der Waals surface area (Å²) < 4.78 is 5.05. The van der Waals surface area contributed by atoms with Crippen LogP contribution in [0.25, 0.3) is 0 Å². The van der Waals surface area contributed by atoms with Gasteiger partial charge in [0.05, 0.1) is 7.11 Å². The Bertz CT molecular complexity index is 457. The average Bonchev–Trinajstić information content (AvgIpc) is 2.41. The molecule has 0 bridgehead atoms. The van der Waals surface area contributed by atoms with Crippen molar-refractivity contribution >= 4 is 11.9 Å². The molecule has 104 valence electrons. The smallest absolute Gasteiger partial charge is 0.258 e. The molecule has 0 unspecified atom stereocenters. The Kier molecular flexibility index (Phi) is 4.16. The predicted molar refractivity (Wildman–Crippen MR) is 71.0 cm³/mol. The van der Waals surface area contributed by atoms with Gasteiger partial charge in [-0.25, -0.2) is 4.98 Å². The maximum absolute atomic E-state index is 12.2. The van der Waals surface area contributed by atoms with E-state index < -0.39 is 0 Å². The molecule has 1 aromatic rings. The van der Waals surface area contributed by atoms with Crippen LogP contribution in [-0.4, -0.2) is 54.1 Å². The van der Waals surface area contributed by atoms with Crippen LogP contribution in [0.4, 0.5) is 5.95 Å². The summed E-state index contributed by atoms with van der Waals surface area (Å²) in [5, 5.41) is 2.98. The highest BCUT2D eigenvalue weighted by atomic mass is 16.5. The number of likely N-dealkylation sites (tertiary alicyclic amines) is 1. The number of nitrogens with zero attached hydrogens (tertiary/aromatic N) is 3. The molecule has 0 aromatic carbocycles. The lowest BCUT2D eigenvalue weighted by Gasteiger charge is -2.29. The van der Waals surface area contributed by atoms with Crippen LogP contribution in [0.1, 0.15) is 23.2 Å². The Hall–Kier alpha value is -1.89. The minimum atomic E-state index is -0.216. The van der Waals surface area contributed by atoms with Gasteiger partial charge in [-0.1, -0.05) is 0 Å². The predicted octanol–water partition coefficient (Wildman–Crippen LogP) is -0.109. The van der Waals surface area contributed by atoms with E-state index in [4.69, 9.17) is 10.5 Å². The molecule has 1 aliphatic heterocycles. The molecule has 0 aliphatic carbocycles. The third kappa shape index (κ3) is 3.31. The number of nitrogen functional groups attached to an aromatic ring is 1. The number of anilines is 1. The van der Waals surface area contributed by atoms with E-state index in [9.17, 15) is 4.79 Å². The number of hydrogen-bond acceptors (Lipinski definition) is 6. The average molecular weight is 265 g/mol. The van der Waals surface area contributed by atoms with Crippen molar-refractivity contribution in [3.8, 4) is 5.88 Å². The molecule has 0 radical (unpaired) electrons. The van der Waals surface area contributed by atoms with Crippen LogP contribution >= 0.6 is 0 Å². The van der Waals surface area contributed by atoms with Gasteiger partial charge in [0.15, 0.2) is 0 Å². The second-order valence-corrected chi connectivity index (χ2v) is 4.70. The highest BCUT2D eigenvalue weighted by Crippen LogP contribution is 2.16. The highest BCUT2D eigenvalue weighted by Gasteiger charge is 2.21. The minimum absolute atomic E-state index is 0.0905. The van der Waals surface area contributed by atoms with E-state index in [1.165, 1.54) is 13.3 Å². The lowest BCUT2D eigenvalue weighted by molar-refractivity contribution is 0.0912. The van der Waals surface area contributed by atoms with E-state index in [1.807, 2.05) is 0 Å². The van der Waals surface area contributed by atoms with Crippen molar-refractivity contribution in [2.75, 3.05) is 33.0 Å². The Morgan fingerprint density at radius 2 is 2.21 bits per heavy atom. The monoisotopic (exact) mass is 265 g/mol. The van der Waals surface area contributed by atoms with Crippen molar-refractivity contribution in [3.05, 3.63) is 11.8 Å². The summed E-state index contributed by atoms with van der Waals surface area (Å²) in [5.74, 6) is 0.0806. The first-order valence-corrected chi connectivity index (χ1v) is 6.26. The Balaban J connectivity index is 2.03. The van der Waals surface area contributed by atoms with E-state index in [0.29, 0.717) is 5.56 Å². The van der Waals surface area contributed by atoms with Crippen LogP contribution < -0.4 is 15.8 Å². The van der Waals surface area contributed by atoms with Crippen molar-refractivity contribution in [3.63, 3.8) is 0 Å². The van der Waals surface area contributed by atoms with Gasteiger partial charge in [0.25, 0.3) is 5.91 Å². The number of methoxy groups -OCH3 is 1. The molecule has 1 amide bonds. The van der Waals surface area contributed by atoms with Gasteiger partial charge in [0.2, 0.25) is 11.8 Å². The Labute approximate surface area is 112 Å². The number of aromatic nitrogens is 2. The minimum Gasteiger partial charge on any atom is -0.480 e. The Morgan fingerprint density at radius 3 is 2.84 bits per heavy atom. The normalized spacial score (nSPS) is 17.2. The van der Waals surface area contributed by atoms with Crippen molar-refractivity contribution in [2.24, 2.45) is 0 Å². The van der Waals surface area contributed by atoms with Gasteiger partial charge in [-0.15, -0.1) is 0 Å². The number of hydrogen-bond donors (Lipinski definition) is 2. The summed E-state index contributed by atoms with van der Waals surface area (Å²) in [6.07, 6.45) is 3.28. The van der Waals surface area contributed by atoms with Crippen molar-refractivity contribution in [2.45, 2.75) is 18.9 Å². The summed E-state index contributed by atoms with van der Waals surface area (Å²) in [6, 6.07) is 0.186. The standard InChI is InChI=1S/C12H19N5O2/c1-17-5-3-8(4-6-17)15-10(18)9-7-14-12(13)16-11(9)19-2/h7-8H,3-6H2,1-2H3,(H,15,18)(H2,13,14,16). The van der Waals surface area contributed by atoms with Gasteiger partial charge >= 0.3 is 0 Å². The fraction of sp³-hybridized carbons (Fsp3) is 0.583. The van der Waals surface area contributed by atoms with Gasteiger partial charge in [-0.05, 0) is 33.0 Å². The first kappa shape index (κ1) is 13.5. The van der Waals surface area contributed by atoms with Crippen molar-refractivity contribution in [1.29, 1.82) is 0 Å². The zero-order valence-electron chi connectivity index (χ0n) is 11.2. The maximum atomic E-state index is 12.2. The third-order valence-corrected chi connectivity index (χ3v) is 3.26. The second-order valence-electron chi connectivity index (χ2n) is 4.70. The van der Waals surface area contributed by atoms with Gasteiger partial charge in [-0.2, -0.15) is 4.98 Å². The molecular weight excluding hydrogens is 246 g/mol. The summed E-state index contributed by atoms with van der Waals surface area (Å²) in [7, 11) is 3.53. The molecular formula is C12H19N5O2. The molecule has 2 rings (SSSR count). The number of carbonyl (C=O) groups excluding carboxylic acids is 1. The number of rotatable bonds is 3. The van der Waals surface area contributed by atoms with Crippen molar-refractivity contribution < 1.29 is 9.53 Å². The molecule has 0 saturated carbocycles. The SMILES string of the molecule is COc1nc(N)ncc1C(=O)NC1CCN(C)CC1. The maximum Gasteiger partial charge on any atom is 0.258 e. The first-order chi connectivity index (χ1) is 9.10. The van der Waals surface area contributed by atoms with Crippen LogP contribution in [0.2, 0.25) is 0 Å². The summed E-state index contributed by atoms with van der Waals surface area (Å²) in [4.78, 5) is 22.1. The van der Waals surface area contributed by atoms with Crippen LogP contribution in [0.15, 0.2) is 6.20 Å². The molecule has 7 heteroatoms. The Morgan fingerprint density at radius 1 is 1.53 bits per heavy atom. The lowest BCUT2D eigenvalue weighted by atomic mass is 10.1. The zero-order valence-corrected chi connectivity index (χ0v) is 11.2. The summed E-state index contributed by atoms with van der Waals surface area (Å²) >= 11 is 0. The van der Waals surface area contributed by atoms with Gasteiger partial charge in [0, 0.05) is 12.2 Å². The third-order valence-electron chi connectivity index (χ3n) is 3.26. The van der Waals surface area contributed by atoms with Gasteiger partial charge in [0.1, 0.15) is 5.56 Å². The molecule has 19 heavy (non-hydrogen) atoms. The van der Waals surface area contributed by atoms with Crippen molar-refractivity contribution in [1.82, 2.24) is 20.2 Å². The number of nitrogens with one attached hydrogen (secondary N) is 1. The molecule has 3 N–H and O–H groups in total. The van der Waals surface area contributed by atoms with Crippen LogP contribution in [-0.2, 0) is 0 Å². The van der Waals surface area contributed by atoms with Crippen LogP contribution in [0.5, 0.6) is 5.88 Å². The fourth-order valence-electron chi connectivity index (χ4n) is 2.11. The molecule has 1 fully saturated rings. The number of nitrogens with two attached hydrogens (primary N) is 1. The highest BCUT2D eigenvalue weighted by molar-refractivity contribution is 5.96. The molecule has 1 aromatic heterocycles. The van der Waals surface area contributed by atoms with E-state index >= 15 is 0 Å². The molecule has 0 atom stereocenters. The number of ether oxygens (including phenoxy) is 1. The quantitative estimate of drug-likeness (QED) is 0.792. The van der Waals surface area contributed by atoms with E-state index in [1.54, 1.807) is 0 Å². The molecule has 1 aliphatic rings. The largest absolute Gasteiger partial charge is 0.480 e. The molecule has 1 saturated heterocycles. The molecule has 7 nitrogen and oxygen atoms in total. The van der Waals surface area contributed by atoms with Gasteiger partial charge < -0.3 is 20.7 Å². The fourth-order valence-corrected chi connectivity index (χ4v) is 2.11. The number of amides is 1. The summed E-state index contributed by atoms with van der Waals surface area (Å²) in [6.45, 7) is 1.97. The topological polar surface area (TPSA) is 93.4 Å². The van der Waals surface area contributed by atoms with Gasteiger partial charge in [-0.3, -0.25) is 4.79 Å². The molecule has 2 heterocycles. The lowest BCUT2D eigenvalue weighted by Crippen LogP contribution is -2.43. The number of carbonyl (C=O) groups is 1. The summed E-state index contributed by atoms with van der Waals surface area (Å²) in [5.41, 5.74) is 5.78.